The molecule has 0 fully saturated rings. The highest BCUT2D eigenvalue weighted by Gasteiger charge is 2.09. The Morgan fingerprint density at radius 2 is 1.45 bits per heavy atom. The summed E-state index contributed by atoms with van der Waals surface area (Å²) in [5.41, 5.74) is 0.532. The SMILES string of the molecule is FNc1cc(F)c(F)c(F)c1. The molecule has 0 amide bonds. The summed E-state index contributed by atoms with van der Waals surface area (Å²) < 4.78 is 48.1. The molecule has 0 saturated heterocycles. The van der Waals surface area contributed by atoms with Crippen molar-refractivity contribution in [3.8, 4) is 0 Å². The second kappa shape index (κ2) is 2.77. The highest BCUT2D eigenvalue weighted by Crippen LogP contribution is 2.16. The first-order valence-corrected chi connectivity index (χ1v) is 2.66. The lowest BCUT2D eigenvalue weighted by Gasteiger charge is -1.98. The number of rotatable bonds is 1. The minimum atomic E-state index is -1.61. The van der Waals surface area contributed by atoms with Gasteiger partial charge in [0.2, 0.25) is 0 Å². The van der Waals surface area contributed by atoms with Gasteiger partial charge in [-0.2, -0.15) is 0 Å². The maximum absolute atomic E-state index is 12.2. The van der Waals surface area contributed by atoms with Gasteiger partial charge in [0, 0.05) is 12.1 Å². The molecule has 0 aliphatic heterocycles. The molecule has 0 aliphatic rings. The van der Waals surface area contributed by atoms with Gasteiger partial charge in [-0.1, -0.05) is 0 Å². The van der Waals surface area contributed by atoms with E-state index in [9.17, 15) is 17.7 Å². The zero-order valence-corrected chi connectivity index (χ0v) is 5.17. The molecule has 1 nitrogen and oxygen atoms in total. The molecule has 60 valence electrons. The molecule has 1 aromatic carbocycles. The van der Waals surface area contributed by atoms with Gasteiger partial charge in [0.1, 0.15) is 0 Å². The van der Waals surface area contributed by atoms with Crippen molar-refractivity contribution < 1.29 is 17.7 Å². The van der Waals surface area contributed by atoms with Gasteiger partial charge >= 0.3 is 0 Å². The fraction of sp³-hybridized carbons (Fsp3) is 0. The van der Waals surface area contributed by atoms with Crippen LogP contribution in [0.2, 0.25) is 0 Å². The van der Waals surface area contributed by atoms with Gasteiger partial charge in [0.05, 0.1) is 5.69 Å². The van der Waals surface area contributed by atoms with Crippen LogP contribution < -0.4 is 5.54 Å². The lowest BCUT2D eigenvalue weighted by molar-refractivity contribution is 0.446. The highest BCUT2D eigenvalue weighted by molar-refractivity contribution is 5.41. The van der Waals surface area contributed by atoms with E-state index in [1.807, 2.05) is 0 Å². The second-order valence-electron chi connectivity index (χ2n) is 1.85. The topological polar surface area (TPSA) is 12.0 Å². The smallest absolute Gasteiger partial charge is 0.194 e. The monoisotopic (exact) mass is 165 g/mol. The van der Waals surface area contributed by atoms with Crippen LogP contribution in [-0.2, 0) is 0 Å². The van der Waals surface area contributed by atoms with Crippen molar-refractivity contribution in [2.45, 2.75) is 0 Å². The second-order valence-corrected chi connectivity index (χ2v) is 1.85. The number of nitrogens with one attached hydrogen (secondary N) is 1. The molecule has 0 bridgehead atoms. The zero-order chi connectivity index (χ0) is 8.43. The molecule has 0 spiro atoms. The minimum Gasteiger partial charge on any atom is -0.224 e. The summed E-state index contributed by atoms with van der Waals surface area (Å²) in [5.74, 6) is -4.46. The molecule has 0 aromatic heterocycles. The average Bonchev–Trinajstić information content (AvgIpc) is 1.99. The van der Waals surface area contributed by atoms with Crippen molar-refractivity contribution in [2.24, 2.45) is 0 Å². The largest absolute Gasteiger partial charge is 0.224 e. The van der Waals surface area contributed by atoms with E-state index in [1.54, 1.807) is 0 Å². The Morgan fingerprint density at radius 3 is 1.82 bits per heavy atom. The van der Waals surface area contributed by atoms with Crippen molar-refractivity contribution in [2.75, 3.05) is 5.54 Å². The lowest BCUT2D eigenvalue weighted by atomic mass is 10.3. The highest BCUT2D eigenvalue weighted by atomic mass is 19.2. The quantitative estimate of drug-likeness (QED) is 0.382. The molecule has 11 heavy (non-hydrogen) atoms. The number of anilines is 1. The van der Waals surface area contributed by atoms with Crippen molar-refractivity contribution in [1.82, 2.24) is 0 Å². The Kier molecular flexibility index (Phi) is 1.98. The first-order chi connectivity index (χ1) is 5.15. The Bertz CT molecular complexity index is 250. The van der Waals surface area contributed by atoms with Gasteiger partial charge in [-0.05, 0) is 0 Å². The summed E-state index contributed by atoms with van der Waals surface area (Å²) in [6.45, 7) is 0. The van der Waals surface area contributed by atoms with Crippen molar-refractivity contribution in [3.05, 3.63) is 29.6 Å². The van der Waals surface area contributed by atoms with Crippen molar-refractivity contribution >= 4 is 5.69 Å². The molecule has 0 radical (unpaired) electrons. The Labute approximate surface area is 59.6 Å². The molecule has 1 aromatic rings. The molecular formula is C6H3F4N. The summed E-state index contributed by atoms with van der Waals surface area (Å²) in [4.78, 5) is 0. The molecule has 1 rings (SSSR count). The summed E-state index contributed by atoms with van der Waals surface area (Å²) in [6, 6.07) is 1.02. The van der Waals surface area contributed by atoms with E-state index in [4.69, 9.17) is 0 Å². The number of hydrogen-bond acceptors (Lipinski definition) is 1. The van der Waals surface area contributed by atoms with Crippen LogP contribution in [0.15, 0.2) is 12.1 Å². The molecule has 0 unspecified atom stereocenters. The third kappa shape index (κ3) is 1.42. The minimum absolute atomic E-state index is 0.457. The fourth-order valence-corrected chi connectivity index (χ4v) is 0.610. The van der Waals surface area contributed by atoms with Gasteiger partial charge in [-0.25, -0.2) is 18.7 Å². The maximum atomic E-state index is 12.2. The van der Waals surface area contributed by atoms with Crippen LogP contribution in [0.5, 0.6) is 0 Å². The predicted octanol–water partition coefficient (Wildman–Crippen LogP) is 2.40. The Balaban J connectivity index is 3.21. The summed E-state index contributed by atoms with van der Waals surface area (Å²) in [7, 11) is 0. The average molecular weight is 165 g/mol. The normalized spacial score (nSPS) is 9.82. The molecular weight excluding hydrogens is 162 g/mol. The summed E-state index contributed by atoms with van der Waals surface area (Å²) in [5, 5.41) is 0. The van der Waals surface area contributed by atoms with E-state index in [0.29, 0.717) is 12.1 Å². The molecule has 1 N–H and O–H groups in total. The van der Waals surface area contributed by atoms with E-state index in [1.165, 1.54) is 0 Å². The number of benzene rings is 1. The van der Waals surface area contributed by atoms with Crippen LogP contribution in [0.4, 0.5) is 23.3 Å². The molecule has 0 aliphatic carbocycles. The maximum Gasteiger partial charge on any atom is 0.194 e. The van der Waals surface area contributed by atoms with Gasteiger partial charge < -0.3 is 0 Å². The van der Waals surface area contributed by atoms with Crippen molar-refractivity contribution in [1.29, 1.82) is 0 Å². The Morgan fingerprint density at radius 1 is 1.00 bits per heavy atom. The third-order valence-electron chi connectivity index (χ3n) is 1.09. The van der Waals surface area contributed by atoms with Crippen LogP contribution in [0.3, 0.4) is 0 Å². The van der Waals surface area contributed by atoms with Gasteiger partial charge in [-0.15, -0.1) is 4.48 Å². The van der Waals surface area contributed by atoms with Gasteiger partial charge in [-0.3, -0.25) is 0 Å². The molecule has 0 heterocycles. The van der Waals surface area contributed by atoms with Crippen LogP contribution >= 0.6 is 0 Å². The molecule has 0 atom stereocenters. The first-order valence-electron chi connectivity index (χ1n) is 2.66. The number of hydrogen-bond donors (Lipinski definition) is 1. The van der Waals surface area contributed by atoms with Crippen LogP contribution in [0, 0.1) is 17.5 Å². The van der Waals surface area contributed by atoms with Gasteiger partial charge in [0.15, 0.2) is 17.5 Å². The standard InChI is InChI=1S/C6H3F4N/c7-4-1-3(11-10)2-5(8)6(4)9/h1-2,11H. The van der Waals surface area contributed by atoms with Crippen LogP contribution in [0.25, 0.3) is 0 Å². The van der Waals surface area contributed by atoms with Gasteiger partial charge in [0.25, 0.3) is 0 Å². The van der Waals surface area contributed by atoms with Crippen LogP contribution in [0.1, 0.15) is 0 Å². The third-order valence-corrected chi connectivity index (χ3v) is 1.09. The first kappa shape index (κ1) is 7.84. The van der Waals surface area contributed by atoms with E-state index < -0.39 is 23.1 Å². The van der Waals surface area contributed by atoms with Crippen molar-refractivity contribution in [3.63, 3.8) is 0 Å². The molecule has 5 heteroatoms. The fourth-order valence-electron chi connectivity index (χ4n) is 0.610. The van der Waals surface area contributed by atoms with Crippen LogP contribution in [-0.4, -0.2) is 0 Å². The van der Waals surface area contributed by atoms with E-state index in [0.717, 1.165) is 5.54 Å². The van der Waals surface area contributed by atoms with E-state index >= 15 is 0 Å². The predicted molar refractivity (Wildman–Crippen MR) is 31.0 cm³/mol. The summed E-state index contributed by atoms with van der Waals surface area (Å²) in [6.07, 6.45) is 0. The van der Waals surface area contributed by atoms with E-state index in [-0.39, 0.29) is 0 Å². The van der Waals surface area contributed by atoms with E-state index in [2.05, 4.69) is 0 Å². The zero-order valence-electron chi connectivity index (χ0n) is 5.17. The lowest BCUT2D eigenvalue weighted by Crippen LogP contribution is -1.92. The summed E-state index contributed by atoms with van der Waals surface area (Å²) >= 11 is 0. The molecule has 0 saturated carbocycles. The Hall–Kier alpha value is -1.26. The number of halogens is 4.